The van der Waals surface area contributed by atoms with Crippen LogP contribution < -0.4 is 0 Å². The molecule has 0 aromatic carbocycles. The molecule has 0 N–H and O–H groups in total. The van der Waals surface area contributed by atoms with Crippen molar-refractivity contribution in [1.82, 2.24) is 0 Å². The quantitative estimate of drug-likeness (QED) is 0.0261. The monoisotopic (exact) mass is 1110 g/mol. The highest BCUT2D eigenvalue weighted by Crippen LogP contribution is 2.18. The topological polar surface area (TPSA) is 78.9 Å². The molecular weight excluding hydrogens is 985 g/mol. The third-order valence-corrected chi connectivity index (χ3v) is 15.1. The molecule has 1 atom stereocenters. The number of hydrogen-bond donors (Lipinski definition) is 0. The summed E-state index contributed by atoms with van der Waals surface area (Å²) >= 11 is 0. The van der Waals surface area contributed by atoms with Crippen LogP contribution in [0.2, 0.25) is 0 Å². The first-order valence-electron chi connectivity index (χ1n) is 34.6. The lowest BCUT2D eigenvalue weighted by molar-refractivity contribution is -0.167. The molecule has 6 nitrogen and oxygen atoms in total. The summed E-state index contributed by atoms with van der Waals surface area (Å²) < 4.78 is 16.9. The second-order valence-electron chi connectivity index (χ2n) is 23.0. The summed E-state index contributed by atoms with van der Waals surface area (Å²) in [5.41, 5.74) is 0. The standard InChI is InChI=1S/C74H130O6/c1-4-7-10-13-16-19-22-25-28-29-30-31-32-33-34-35-36-37-38-39-40-41-42-43-44-45-47-49-52-55-58-61-64-67-73(76)79-70-71(69-78-72(75)66-63-60-57-54-51-48-27-24-21-18-15-12-9-6-3)80-74(77)68-65-62-59-56-53-50-46-26-23-20-17-14-11-8-5-2/h7-8,10-11,16-17,19-20,25-26,28,30-31,46,71H,4-6,9,12-15,18,21-24,27,29,32-45,47-70H2,1-3H3/b10-7-,11-8-,19-16-,20-17-,28-25-,31-30-,46-26-. The summed E-state index contributed by atoms with van der Waals surface area (Å²) in [6.45, 7) is 6.45. The molecule has 0 saturated carbocycles. The van der Waals surface area contributed by atoms with E-state index in [4.69, 9.17) is 14.2 Å². The zero-order valence-corrected chi connectivity index (χ0v) is 53.1. The second-order valence-corrected chi connectivity index (χ2v) is 23.0. The smallest absolute Gasteiger partial charge is 0.306 e. The summed E-state index contributed by atoms with van der Waals surface area (Å²) in [6.07, 6.45) is 90.5. The van der Waals surface area contributed by atoms with Gasteiger partial charge in [0.25, 0.3) is 0 Å². The number of carbonyl (C=O) groups is 3. The summed E-state index contributed by atoms with van der Waals surface area (Å²) in [6, 6.07) is 0. The van der Waals surface area contributed by atoms with Crippen molar-refractivity contribution < 1.29 is 28.6 Å². The van der Waals surface area contributed by atoms with Gasteiger partial charge >= 0.3 is 17.9 Å². The maximum Gasteiger partial charge on any atom is 0.306 e. The van der Waals surface area contributed by atoms with Crippen LogP contribution in [0.5, 0.6) is 0 Å². The van der Waals surface area contributed by atoms with Gasteiger partial charge in [-0.2, -0.15) is 0 Å². The molecule has 80 heavy (non-hydrogen) atoms. The van der Waals surface area contributed by atoms with E-state index in [1.807, 2.05) is 0 Å². The third-order valence-electron chi connectivity index (χ3n) is 15.1. The molecule has 0 aromatic rings. The predicted octanol–water partition coefficient (Wildman–Crippen LogP) is 23.8. The normalized spacial score (nSPS) is 12.6. The molecule has 0 aromatic heterocycles. The molecule has 0 aliphatic heterocycles. The van der Waals surface area contributed by atoms with Crippen molar-refractivity contribution in [1.29, 1.82) is 0 Å². The molecule has 0 saturated heterocycles. The number of rotatable bonds is 63. The maximum atomic E-state index is 12.9. The van der Waals surface area contributed by atoms with Gasteiger partial charge < -0.3 is 14.2 Å². The number of unbranched alkanes of at least 4 members (excludes halogenated alkanes) is 38. The van der Waals surface area contributed by atoms with Crippen LogP contribution in [0.1, 0.15) is 348 Å². The van der Waals surface area contributed by atoms with Gasteiger partial charge in [-0.3, -0.25) is 14.4 Å². The van der Waals surface area contributed by atoms with Crippen LogP contribution in [0.15, 0.2) is 85.1 Å². The van der Waals surface area contributed by atoms with Gasteiger partial charge in [0.05, 0.1) is 0 Å². The first-order valence-corrected chi connectivity index (χ1v) is 34.6. The lowest BCUT2D eigenvalue weighted by atomic mass is 10.0. The Labute approximate surface area is 496 Å². The van der Waals surface area contributed by atoms with Crippen LogP contribution in [-0.2, 0) is 28.6 Å². The van der Waals surface area contributed by atoms with E-state index < -0.39 is 6.10 Å². The van der Waals surface area contributed by atoms with Crippen molar-refractivity contribution in [2.24, 2.45) is 0 Å². The molecule has 0 aliphatic rings. The number of ether oxygens (including phenoxy) is 3. The number of esters is 3. The van der Waals surface area contributed by atoms with E-state index in [1.165, 1.54) is 186 Å². The Morgan fingerprint density at radius 3 is 0.762 bits per heavy atom. The third kappa shape index (κ3) is 65.4. The molecule has 0 amide bonds. The van der Waals surface area contributed by atoms with E-state index in [0.717, 1.165) is 122 Å². The average Bonchev–Trinajstić information content (AvgIpc) is 3.46. The van der Waals surface area contributed by atoms with Crippen LogP contribution in [0, 0.1) is 0 Å². The molecule has 0 fully saturated rings. The van der Waals surface area contributed by atoms with Crippen molar-refractivity contribution in [3.05, 3.63) is 85.1 Å². The molecule has 0 spiro atoms. The Balaban J connectivity index is 4.14. The Hall–Kier alpha value is -3.41. The van der Waals surface area contributed by atoms with Gasteiger partial charge in [-0.25, -0.2) is 0 Å². The van der Waals surface area contributed by atoms with E-state index in [-0.39, 0.29) is 31.1 Å². The van der Waals surface area contributed by atoms with Crippen molar-refractivity contribution in [2.45, 2.75) is 354 Å². The predicted molar refractivity (Wildman–Crippen MR) is 348 cm³/mol. The molecule has 0 heterocycles. The van der Waals surface area contributed by atoms with Crippen molar-refractivity contribution >= 4 is 17.9 Å². The molecule has 0 radical (unpaired) electrons. The number of allylic oxidation sites excluding steroid dienone is 14. The Morgan fingerprint density at radius 2 is 0.487 bits per heavy atom. The Bertz CT molecular complexity index is 1520. The molecule has 462 valence electrons. The SMILES string of the molecule is CC/C=C\C/C=C\C/C=C\C/C=C\CCCCCCCCCCCCCCCCCCCCCCC(=O)OCC(COC(=O)CCCCCCCCCCCCCCCC)OC(=O)CCCCCCC/C=C\C/C=C\C/C=C\CC. The van der Waals surface area contributed by atoms with Gasteiger partial charge in [0, 0.05) is 19.3 Å². The first-order chi connectivity index (χ1) is 39.5. The van der Waals surface area contributed by atoms with E-state index in [0.29, 0.717) is 19.3 Å². The van der Waals surface area contributed by atoms with Crippen LogP contribution in [0.3, 0.4) is 0 Å². The van der Waals surface area contributed by atoms with Crippen LogP contribution >= 0.6 is 0 Å². The molecule has 6 heteroatoms. The second kappa shape index (κ2) is 68.1. The van der Waals surface area contributed by atoms with Crippen LogP contribution in [-0.4, -0.2) is 37.2 Å². The fourth-order valence-electron chi connectivity index (χ4n) is 10.0. The molecule has 1 unspecified atom stereocenters. The van der Waals surface area contributed by atoms with Gasteiger partial charge in [0.1, 0.15) is 13.2 Å². The van der Waals surface area contributed by atoms with Crippen molar-refractivity contribution in [3.63, 3.8) is 0 Å². The lowest BCUT2D eigenvalue weighted by Gasteiger charge is -2.18. The number of carbonyl (C=O) groups excluding carboxylic acids is 3. The highest BCUT2D eigenvalue weighted by atomic mass is 16.6. The summed E-state index contributed by atoms with van der Waals surface area (Å²) in [7, 11) is 0. The largest absolute Gasteiger partial charge is 0.462 e. The highest BCUT2D eigenvalue weighted by molar-refractivity contribution is 5.71. The van der Waals surface area contributed by atoms with Crippen LogP contribution in [0.4, 0.5) is 0 Å². The van der Waals surface area contributed by atoms with Gasteiger partial charge in [-0.15, -0.1) is 0 Å². The summed E-state index contributed by atoms with van der Waals surface area (Å²) in [5, 5.41) is 0. The van der Waals surface area contributed by atoms with E-state index in [9.17, 15) is 14.4 Å². The summed E-state index contributed by atoms with van der Waals surface area (Å²) in [5.74, 6) is -0.875. The minimum absolute atomic E-state index is 0.0778. The van der Waals surface area contributed by atoms with Gasteiger partial charge in [-0.1, -0.05) is 324 Å². The van der Waals surface area contributed by atoms with Gasteiger partial charge in [-0.05, 0) is 89.9 Å². The number of hydrogen-bond acceptors (Lipinski definition) is 6. The van der Waals surface area contributed by atoms with E-state index in [1.54, 1.807) is 0 Å². The molecule has 0 bridgehead atoms. The molecule has 0 aliphatic carbocycles. The van der Waals surface area contributed by atoms with Crippen LogP contribution in [0.25, 0.3) is 0 Å². The van der Waals surface area contributed by atoms with E-state index in [2.05, 4.69) is 106 Å². The zero-order chi connectivity index (χ0) is 57.8. The fraction of sp³-hybridized carbons (Fsp3) is 0.770. The minimum Gasteiger partial charge on any atom is -0.462 e. The van der Waals surface area contributed by atoms with E-state index >= 15 is 0 Å². The first kappa shape index (κ1) is 76.6. The Morgan fingerprint density at radius 1 is 0.263 bits per heavy atom. The average molecular weight is 1120 g/mol. The fourth-order valence-corrected chi connectivity index (χ4v) is 10.0. The van der Waals surface area contributed by atoms with Crippen molar-refractivity contribution in [2.75, 3.05) is 13.2 Å². The Kier molecular flexibility index (Phi) is 65.2. The zero-order valence-electron chi connectivity index (χ0n) is 53.1. The molecule has 0 rings (SSSR count). The van der Waals surface area contributed by atoms with Gasteiger partial charge in [0.2, 0.25) is 0 Å². The highest BCUT2D eigenvalue weighted by Gasteiger charge is 2.19. The summed E-state index contributed by atoms with van der Waals surface area (Å²) in [4.78, 5) is 38.3. The van der Waals surface area contributed by atoms with Crippen molar-refractivity contribution in [3.8, 4) is 0 Å². The lowest BCUT2D eigenvalue weighted by Crippen LogP contribution is -2.30. The molecular formula is C74H130O6. The maximum absolute atomic E-state index is 12.9. The van der Waals surface area contributed by atoms with Gasteiger partial charge in [0.15, 0.2) is 6.10 Å². The minimum atomic E-state index is -0.782.